The highest BCUT2D eigenvalue weighted by Gasteiger charge is 2.30. The highest BCUT2D eigenvalue weighted by Crippen LogP contribution is 2.31. The molecule has 3 heteroatoms. The molecular weight excluding hydrogens is 248 g/mol. The minimum absolute atomic E-state index is 0.337. The third-order valence-electron chi connectivity index (χ3n) is 4.86. The van der Waals surface area contributed by atoms with Gasteiger partial charge in [0.1, 0.15) is 0 Å². The number of hydrogen-bond acceptors (Lipinski definition) is 3. The number of piperidine rings is 1. The van der Waals surface area contributed by atoms with E-state index in [1.165, 1.54) is 38.0 Å². The number of fused-ring (bicyclic) bond motifs is 1. The first kappa shape index (κ1) is 13.9. The molecule has 0 radical (unpaired) electrons. The summed E-state index contributed by atoms with van der Waals surface area (Å²) in [5.41, 5.74) is 2.34. The molecule has 1 aromatic rings. The lowest BCUT2D eigenvalue weighted by atomic mass is 9.97. The van der Waals surface area contributed by atoms with Crippen LogP contribution in [0, 0.1) is 0 Å². The molecule has 1 unspecified atom stereocenters. The van der Waals surface area contributed by atoms with Crippen molar-refractivity contribution in [1.82, 2.24) is 4.90 Å². The number of nitrogens with zero attached hydrogens (tertiary/aromatic N) is 2. The number of anilines is 1. The fourth-order valence-corrected chi connectivity index (χ4v) is 3.65. The van der Waals surface area contributed by atoms with Crippen molar-refractivity contribution in [2.24, 2.45) is 0 Å². The molecule has 20 heavy (non-hydrogen) atoms. The second-order valence-electron chi connectivity index (χ2n) is 6.11. The molecule has 0 saturated carbocycles. The maximum atomic E-state index is 10.2. The van der Waals surface area contributed by atoms with Gasteiger partial charge in [-0.05, 0) is 31.9 Å². The van der Waals surface area contributed by atoms with Crippen LogP contribution in [0.1, 0.15) is 44.3 Å². The van der Waals surface area contributed by atoms with Crippen LogP contribution in [0.2, 0.25) is 0 Å². The smallest absolute Gasteiger partial charge is 0.0807 e. The van der Waals surface area contributed by atoms with Gasteiger partial charge in [-0.2, -0.15) is 0 Å². The normalized spacial score (nSPS) is 25.3. The van der Waals surface area contributed by atoms with Gasteiger partial charge in [-0.3, -0.25) is 4.90 Å². The molecule has 0 aromatic heterocycles. The molecule has 1 N–H and O–H groups in total. The Kier molecular flexibility index (Phi) is 4.27. The Morgan fingerprint density at radius 3 is 2.90 bits per heavy atom. The van der Waals surface area contributed by atoms with E-state index in [1.807, 2.05) is 13.0 Å². The Hall–Kier alpha value is -1.06. The quantitative estimate of drug-likeness (QED) is 0.918. The Labute approximate surface area is 122 Å². The second-order valence-corrected chi connectivity index (χ2v) is 6.11. The Morgan fingerprint density at radius 2 is 2.05 bits per heavy atom. The molecule has 2 aliphatic rings. The number of para-hydroxylation sites is 1. The lowest BCUT2D eigenvalue weighted by Gasteiger charge is -2.45. The van der Waals surface area contributed by atoms with Gasteiger partial charge in [0.15, 0.2) is 0 Å². The summed E-state index contributed by atoms with van der Waals surface area (Å²) in [6, 6.07) is 9.09. The summed E-state index contributed by atoms with van der Waals surface area (Å²) < 4.78 is 0. The van der Waals surface area contributed by atoms with E-state index in [9.17, 15) is 5.11 Å². The number of hydrogen-bond donors (Lipinski definition) is 1. The molecule has 2 atom stereocenters. The molecule has 0 spiro atoms. The predicted molar refractivity (Wildman–Crippen MR) is 83.1 cm³/mol. The molecular formula is C17H26N2O. The van der Waals surface area contributed by atoms with E-state index in [0.29, 0.717) is 6.04 Å². The largest absolute Gasteiger partial charge is 0.388 e. The zero-order chi connectivity index (χ0) is 13.9. The molecule has 3 nitrogen and oxygen atoms in total. The zero-order valence-corrected chi connectivity index (χ0v) is 12.5. The summed E-state index contributed by atoms with van der Waals surface area (Å²) in [6.07, 6.45) is 4.50. The number of rotatable bonds is 3. The maximum Gasteiger partial charge on any atom is 0.0807 e. The first-order chi connectivity index (χ1) is 9.79. The topological polar surface area (TPSA) is 26.7 Å². The summed E-state index contributed by atoms with van der Waals surface area (Å²) in [4.78, 5) is 5.14. The minimum Gasteiger partial charge on any atom is -0.388 e. The van der Waals surface area contributed by atoms with Crippen LogP contribution in [0.25, 0.3) is 0 Å². The number of aliphatic hydroxyl groups excluding tert-OH is 1. The monoisotopic (exact) mass is 274 g/mol. The summed E-state index contributed by atoms with van der Waals surface area (Å²) >= 11 is 0. The molecule has 0 bridgehead atoms. The fraction of sp³-hybridized carbons (Fsp3) is 0.647. The molecule has 1 aromatic carbocycles. The van der Waals surface area contributed by atoms with E-state index in [0.717, 1.165) is 25.1 Å². The van der Waals surface area contributed by atoms with E-state index in [4.69, 9.17) is 0 Å². The summed E-state index contributed by atoms with van der Waals surface area (Å²) in [5.74, 6) is 0. The lowest BCUT2D eigenvalue weighted by molar-refractivity contribution is 0.132. The molecule has 2 fully saturated rings. The second kappa shape index (κ2) is 6.15. The van der Waals surface area contributed by atoms with Crippen LogP contribution < -0.4 is 4.90 Å². The van der Waals surface area contributed by atoms with Gasteiger partial charge in [0.05, 0.1) is 6.10 Å². The van der Waals surface area contributed by atoms with Crippen molar-refractivity contribution in [3.63, 3.8) is 0 Å². The van der Waals surface area contributed by atoms with Crippen LogP contribution >= 0.6 is 0 Å². The van der Waals surface area contributed by atoms with Crippen molar-refractivity contribution >= 4 is 5.69 Å². The standard InChI is InChI=1S/C17H26N2O/c1-2-17(20)15-8-3-4-9-16(15)19-12-11-18-10-6-5-7-14(18)13-19/h3-4,8-9,14,17,20H,2,5-7,10-13H2,1H3/t14?,17-/m0/s1. The van der Waals surface area contributed by atoms with Crippen molar-refractivity contribution in [3.05, 3.63) is 29.8 Å². The van der Waals surface area contributed by atoms with Gasteiger partial charge in [-0.1, -0.05) is 31.5 Å². The minimum atomic E-state index is -0.337. The van der Waals surface area contributed by atoms with Crippen LogP contribution in [-0.4, -0.2) is 42.2 Å². The van der Waals surface area contributed by atoms with Crippen molar-refractivity contribution in [3.8, 4) is 0 Å². The van der Waals surface area contributed by atoms with Crippen LogP contribution in [-0.2, 0) is 0 Å². The van der Waals surface area contributed by atoms with Crippen LogP contribution in [0.4, 0.5) is 5.69 Å². The Balaban J connectivity index is 1.79. The molecule has 0 amide bonds. The third-order valence-corrected chi connectivity index (χ3v) is 4.86. The molecule has 0 aliphatic carbocycles. The Bertz CT molecular complexity index is 448. The van der Waals surface area contributed by atoms with Gasteiger partial charge in [0, 0.05) is 36.9 Å². The van der Waals surface area contributed by atoms with Crippen molar-refractivity contribution < 1.29 is 5.11 Å². The van der Waals surface area contributed by atoms with E-state index >= 15 is 0 Å². The SMILES string of the molecule is CC[C@H](O)c1ccccc1N1CCN2CCCCC2C1. The van der Waals surface area contributed by atoms with E-state index in [2.05, 4.69) is 28.0 Å². The molecule has 2 saturated heterocycles. The average molecular weight is 274 g/mol. The highest BCUT2D eigenvalue weighted by atomic mass is 16.3. The predicted octanol–water partition coefficient (Wildman–Crippen LogP) is 2.80. The first-order valence-corrected chi connectivity index (χ1v) is 8.05. The van der Waals surface area contributed by atoms with Gasteiger partial charge in [-0.25, -0.2) is 0 Å². The first-order valence-electron chi connectivity index (χ1n) is 8.05. The number of aliphatic hydroxyl groups is 1. The summed E-state index contributed by atoms with van der Waals surface area (Å²) in [5, 5.41) is 10.2. The molecule has 2 heterocycles. The number of benzene rings is 1. The van der Waals surface area contributed by atoms with Crippen molar-refractivity contribution in [1.29, 1.82) is 0 Å². The average Bonchev–Trinajstić information content (AvgIpc) is 2.53. The van der Waals surface area contributed by atoms with Gasteiger partial charge >= 0.3 is 0 Å². The van der Waals surface area contributed by atoms with Crippen molar-refractivity contribution in [2.75, 3.05) is 31.1 Å². The highest BCUT2D eigenvalue weighted by molar-refractivity contribution is 5.55. The van der Waals surface area contributed by atoms with Gasteiger partial charge in [0.25, 0.3) is 0 Å². The van der Waals surface area contributed by atoms with Gasteiger partial charge in [0.2, 0.25) is 0 Å². The number of piperazine rings is 1. The maximum absolute atomic E-state index is 10.2. The van der Waals surface area contributed by atoms with Crippen LogP contribution in [0.15, 0.2) is 24.3 Å². The molecule has 3 rings (SSSR count). The van der Waals surface area contributed by atoms with Gasteiger partial charge < -0.3 is 10.0 Å². The van der Waals surface area contributed by atoms with Gasteiger partial charge in [-0.15, -0.1) is 0 Å². The van der Waals surface area contributed by atoms with Crippen molar-refractivity contribution in [2.45, 2.75) is 44.8 Å². The van der Waals surface area contributed by atoms with E-state index < -0.39 is 0 Å². The molecule has 2 aliphatic heterocycles. The van der Waals surface area contributed by atoms with E-state index in [1.54, 1.807) is 0 Å². The Morgan fingerprint density at radius 1 is 1.20 bits per heavy atom. The third kappa shape index (κ3) is 2.70. The summed E-state index contributed by atoms with van der Waals surface area (Å²) in [6.45, 7) is 6.69. The lowest BCUT2D eigenvalue weighted by Crippen LogP contribution is -2.55. The summed E-state index contributed by atoms with van der Waals surface area (Å²) in [7, 11) is 0. The molecule has 110 valence electrons. The van der Waals surface area contributed by atoms with Crippen LogP contribution in [0.3, 0.4) is 0 Å². The zero-order valence-electron chi connectivity index (χ0n) is 12.5. The van der Waals surface area contributed by atoms with E-state index in [-0.39, 0.29) is 6.10 Å². The van der Waals surface area contributed by atoms with Crippen LogP contribution in [0.5, 0.6) is 0 Å². The fourth-order valence-electron chi connectivity index (χ4n) is 3.65.